The van der Waals surface area contributed by atoms with Gasteiger partial charge < -0.3 is 15.0 Å². The van der Waals surface area contributed by atoms with Crippen LogP contribution < -0.4 is 10.5 Å². The van der Waals surface area contributed by atoms with Gasteiger partial charge >= 0.3 is 0 Å². The third-order valence-electron chi connectivity index (χ3n) is 3.02. The van der Waals surface area contributed by atoms with Gasteiger partial charge in [-0.1, -0.05) is 11.2 Å². The Labute approximate surface area is 121 Å². The summed E-state index contributed by atoms with van der Waals surface area (Å²) in [4.78, 5) is 8.59. The molecule has 0 saturated carbocycles. The van der Waals surface area contributed by atoms with Gasteiger partial charge in [0.05, 0.1) is 19.1 Å². The van der Waals surface area contributed by atoms with E-state index in [0.29, 0.717) is 35.1 Å². The van der Waals surface area contributed by atoms with Crippen LogP contribution in [0.3, 0.4) is 0 Å². The smallest absolute Gasteiger partial charge is 0.260 e. The van der Waals surface area contributed by atoms with Gasteiger partial charge in [-0.25, -0.2) is 0 Å². The van der Waals surface area contributed by atoms with E-state index in [4.69, 9.17) is 15.0 Å². The van der Waals surface area contributed by atoms with Gasteiger partial charge in [0.1, 0.15) is 5.75 Å². The zero-order valence-electron chi connectivity index (χ0n) is 11.5. The van der Waals surface area contributed by atoms with Crippen LogP contribution in [0.4, 0.5) is 5.69 Å². The topological polar surface area (TPSA) is 87.1 Å². The molecular formula is C15H14N4O2. The Morgan fingerprint density at radius 1 is 1.24 bits per heavy atom. The number of benzene rings is 1. The fourth-order valence-corrected chi connectivity index (χ4v) is 1.95. The quantitative estimate of drug-likeness (QED) is 0.739. The van der Waals surface area contributed by atoms with E-state index in [1.807, 2.05) is 18.2 Å². The van der Waals surface area contributed by atoms with Gasteiger partial charge in [-0.3, -0.25) is 4.98 Å². The van der Waals surface area contributed by atoms with E-state index < -0.39 is 0 Å². The summed E-state index contributed by atoms with van der Waals surface area (Å²) in [7, 11) is 1.59. The highest BCUT2D eigenvalue weighted by atomic mass is 16.5. The van der Waals surface area contributed by atoms with Crippen molar-refractivity contribution in [1.29, 1.82) is 0 Å². The molecule has 3 rings (SSSR count). The van der Waals surface area contributed by atoms with Crippen LogP contribution in [0.1, 0.15) is 11.5 Å². The van der Waals surface area contributed by atoms with E-state index in [0.717, 1.165) is 5.69 Å². The van der Waals surface area contributed by atoms with Gasteiger partial charge in [0.15, 0.2) is 5.82 Å². The molecule has 2 heterocycles. The fraction of sp³-hybridized carbons (Fsp3) is 0.133. The predicted molar refractivity (Wildman–Crippen MR) is 77.7 cm³/mol. The SMILES string of the molecule is COc1ccc(N)c(-c2nc(Cc3ccccn3)no2)c1. The molecule has 6 heteroatoms. The minimum absolute atomic E-state index is 0.373. The molecule has 0 bridgehead atoms. The average molecular weight is 282 g/mol. The zero-order chi connectivity index (χ0) is 14.7. The first-order valence-corrected chi connectivity index (χ1v) is 6.42. The van der Waals surface area contributed by atoms with Crippen molar-refractivity contribution >= 4 is 5.69 Å². The number of rotatable bonds is 4. The van der Waals surface area contributed by atoms with Crippen molar-refractivity contribution in [3.63, 3.8) is 0 Å². The Hall–Kier alpha value is -2.89. The molecule has 0 aliphatic carbocycles. The number of anilines is 1. The highest BCUT2D eigenvalue weighted by Crippen LogP contribution is 2.28. The second-order valence-corrected chi connectivity index (χ2v) is 4.47. The average Bonchev–Trinajstić information content (AvgIpc) is 2.97. The lowest BCUT2D eigenvalue weighted by atomic mass is 10.1. The summed E-state index contributed by atoms with van der Waals surface area (Å²) in [5, 5.41) is 3.96. The Morgan fingerprint density at radius 2 is 2.14 bits per heavy atom. The number of hydrogen-bond donors (Lipinski definition) is 1. The molecule has 0 amide bonds. The first kappa shape index (κ1) is 13.1. The largest absolute Gasteiger partial charge is 0.497 e. The van der Waals surface area contributed by atoms with Crippen molar-refractivity contribution in [2.45, 2.75) is 6.42 Å². The number of hydrogen-bond acceptors (Lipinski definition) is 6. The number of nitrogens with zero attached hydrogens (tertiary/aromatic N) is 3. The highest BCUT2D eigenvalue weighted by Gasteiger charge is 2.13. The maximum absolute atomic E-state index is 5.94. The molecular weight excluding hydrogens is 268 g/mol. The lowest BCUT2D eigenvalue weighted by molar-refractivity contribution is 0.412. The van der Waals surface area contributed by atoms with Crippen molar-refractivity contribution in [2.75, 3.05) is 12.8 Å². The molecule has 0 radical (unpaired) electrons. The first-order chi connectivity index (χ1) is 10.3. The van der Waals surface area contributed by atoms with Crippen LogP contribution in [0, 0.1) is 0 Å². The number of aromatic nitrogens is 3. The maximum Gasteiger partial charge on any atom is 0.260 e. The van der Waals surface area contributed by atoms with Gasteiger partial charge in [0.2, 0.25) is 0 Å². The van der Waals surface area contributed by atoms with Crippen molar-refractivity contribution < 1.29 is 9.26 Å². The van der Waals surface area contributed by atoms with Crippen molar-refractivity contribution in [3.05, 3.63) is 54.1 Å². The maximum atomic E-state index is 5.94. The van der Waals surface area contributed by atoms with Gasteiger partial charge in [0, 0.05) is 17.6 Å². The summed E-state index contributed by atoms with van der Waals surface area (Å²) < 4.78 is 10.5. The van der Waals surface area contributed by atoms with Crippen LogP contribution >= 0.6 is 0 Å². The first-order valence-electron chi connectivity index (χ1n) is 6.42. The lowest BCUT2D eigenvalue weighted by Gasteiger charge is -2.03. The Balaban J connectivity index is 1.88. The van der Waals surface area contributed by atoms with Crippen molar-refractivity contribution in [2.24, 2.45) is 0 Å². The van der Waals surface area contributed by atoms with Crippen molar-refractivity contribution in [3.8, 4) is 17.2 Å². The standard InChI is InChI=1S/C15H14N4O2/c1-20-11-5-6-13(16)12(9-11)15-18-14(19-21-15)8-10-4-2-3-7-17-10/h2-7,9H,8,16H2,1H3. The van der Waals surface area contributed by atoms with E-state index in [1.165, 1.54) is 0 Å². The molecule has 0 atom stereocenters. The van der Waals surface area contributed by atoms with Crippen LogP contribution in [-0.4, -0.2) is 22.2 Å². The summed E-state index contributed by atoms with van der Waals surface area (Å²) in [5.74, 6) is 1.62. The van der Waals surface area contributed by atoms with E-state index >= 15 is 0 Å². The minimum Gasteiger partial charge on any atom is -0.497 e. The Bertz CT molecular complexity index is 740. The summed E-state index contributed by atoms with van der Waals surface area (Å²) in [5.41, 5.74) is 8.04. The molecule has 0 unspecified atom stereocenters. The second-order valence-electron chi connectivity index (χ2n) is 4.47. The van der Waals surface area contributed by atoms with Gasteiger partial charge in [-0.05, 0) is 30.3 Å². The summed E-state index contributed by atoms with van der Waals surface area (Å²) in [6, 6.07) is 11.0. The van der Waals surface area contributed by atoms with Crippen LogP contribution in [0.25, 0.3) is 11.5 Å². The molecule has 0 aliphatic heterocycles. The number of nitrogen functional groups attached to an aromatic ring is 1. The monoisotopic (exact) mass is 282 g/mol. The number of nitrogens with two attached hydrogens (primary N) is 1. The highest BCUT2D eigenvalue weighted by molar-refractivity contribution is 5.72. The van der Waals surface area contributed by atoms with Gasteiger partial charge in [-0.15, -0.1) is 0 Å². The Morgan fingerprint density at radius 3 is 2.90 bits per heavy atom. The van der Waals surface area contributed by atoms with Gasteiger partial charge in [-0.2, -0.15) is 4.98 Å². The molecule has 0 saturated heterocycles. The second kappa shape index (κ2) is 5.62. The third-order valence-corrected chi connectivity index (χ3v) is 3.02. The number of methoxy groups -OCH3 is 1. The van der Waals surface area contributed by atoms with Crippen LogP contribution in [0.5, 0.6) is 5.75 Å². The molecule has 0 aliphatic rings. The zero-order valence-corrected chi connectivity index (χ0v) is 11.5. The molecule has 1 aromatic carbocycles. The van der Waals surface area contributed by atoms with E-state index in [2.05, 4.69) is 15.1 Å². The van der Waals surface area contributed by atoms with Crippen LogP contribution in [0.15, 0.2) is 47.1 Å². The molecule has 0 spiro atoms. The molecule has 106 valence electrons. The molecule has 0 fully saturated rings. The van der Waals surface area contributed by atoms with Crippen molar-refractivity contribution in [1.82, 2.24) is 15.1 Å². The lowest BCUT2D eigenvalue weighted by Crippen LogP contribution is -1.94. The predicted octanol–water partition coefficient (Wildman–Crippen LogP) is 2.31. The normalized spacial score (nSPS) is 10.5. The molecule has 21 heavy (non-hydrogen) atoms. The Kier molecular flexibility index (Phi) is 3.51. The molecule has 2 aromatic heterocycles. The number of pyridine rings is 1. The summed E-state index contributed by atoms with van der Waals surface area (Å²) in [6.07, 6.45) is 2.24. The van der Waals surface area contributed by atoms with E-state index in [9.17, 15) is 0 Å². The molecule has 6 nitrogen and oxygen atoms in total. The third kappa shape index (κ3) is 2.84. The molecule has 2 N–H and O–H groups in total. The van der Waals surface area contributed by atoms with E-state index in [1.54, 1.807) is 31.5 Å². The summed E-state index contributed by atoms with van der Waals surface area (Å²) >= 11 is 0. The number of ether oxygens (including phenoxy) is 1. The minimum atomic E-state index is 0.373. The van der Waals surface area contributed by atoms with E-state index in [-0.39, 0.29) is 0 Å². The summed E-state index contributed by atoms with van der Waals surface area (Å²) in [6.45, 7) is 0. The van der Waals surface area contributed by atoms with Crippen LogP contribution in [-0.2, 0) is 6.42 Å². The van der Waals surface area contributed by atoms with Gasteiger partial charge in [0.25, 0.3) is 5.89 Å². The molecule has 3 aromatic rings. The fourth-order valence-electron chi connectivity index (χ4n) is 1.95. The van der Waals surface area contributed by atoms with Crippen LogP contribution in [0.2, 0.25) is 0 Å².